The predicted molar refractivity (Wildman–Crippen MR) is 172 cm³/mol. The van der Waals surface area contributed by atoms with Crippen LogP contribution in [0.5, 0.6) is 5.75 Å². The van der Waals surface area contributed by atoms with Crippen molar-refractivity contribution < 1.29 is 28.7 Å². The number of likely N-dealkylation sites (N-methyl/N-ethyl adjacent to an activating group) is 2. The molecule has 0 aliphatic heterocycles. The van der Waals surface area contributed by atoms with Gasteiger partial charge in [-0.3, -0.25) is 19.3 Å². The first-order chi connectivity index (χ1) is 20.8. The Hall–Kier alpha value is -4.86. The van der Waals surface area contributed by atoms with Crippen LogP contribution in [0.4, 0.5) is 21.9 Å². The first-order valence-corrected chi connectivity index (χ1v) is 14.5. The van der Waals surface area contributed by atoms with E-state index in [-0.39, 0.29) is 25.0 Å². The summed E-state index contributed by atoms with van der Waals surface area (Å²) in [7, 11) is 1.63. The summed E-state index contributed by atoms with van der Waals surface area (Å²) in [6.07, 6.45) is -0.692. The van der Waals surface area contributed by atoms with Crippen LogP contribution >= 0.6 is 0 Å². The fourth-order valence-electron chi connectivity index (χ4n) is 4.40. The molecule has 0 aromatic heterocycles. The Morgan fingerprint density at radius 3 is 1.98 bits per heavy atom. The van der Waals surface area contributed by atoms with Crippen molar-refractivity contribution in [3.8, 4) is 5.75 Å². The number of hydrogen-bond donors (Lipinski definition) is 1. The second-order valence-corrected chi connectivity index (χ2v) is 11.4. The van der Waals surface area contributed by atoms with Gasteiger partial charge in [0.15, 0.2) is 6.61 Å². The van der Waals surface area contributed by atoms with Gasteiger partial charge in [0.05, 0.1) is 0 Å². The van der Waals surface area contributed by atoms with Gasteiger partial charge in [0.25, 0.3) is 5.91 Å². The van der Waals surface area contributed by atoms with E-state index in [0.29, 0.717) is 29.4 Å². The van der Waals surface area contributed by atoms with Crippen molar-refractivity contribution in [2.75, 3.05) is 48.0 Å². The number of aryl methyl sites for hydroxylation is 2. The third-order valence-electron chi connectivity index (χ3n) is 6.41. The van der Waals surface area contributed by atoms with Crippen LogP contribution in [-0.4, -0.2) is 62.7 Å². The number of nitrogens with zero attached hydrogens (tertiary/aromatic N) is 3. The number of ether oxygens (including phenoxy) is 2. The molecule has 0 bridgehead atoms. The van der Waals surface area contributed by atoms with E-state index < -0.39 is 24.1 Å². The summed E-state index contributed by atoms with van der Waals surface area (Å²) in [6, 6.07) is 21.2. The van der Waals surface area contributed by atoms with E-state index in [4.69, 9.17) is 9.47 Å². The van der Waals surface area contributed by atoms with Gasteiger partial charge in [0.2, 0.25) is 11.8 Å². The number of carbonyl (C=O) groups is 4. The van der Waals surface area contributed by atoms with Crippen molar-refractivity contribution in [3.05, 3.63) is 83.9 Å². The molecule has 0 spiro atoms. The SMILES string of the molecule is CCNC(=O)COc1cccc(N(CC(=O)N(C)c2ccccc2)C(=O)CN(C(=O)OC(C)(C)C)c2cc(C)cc(C)c2)c1. The molecule has 0 atom stereocenters. The third-order valence-corrected chi connectivity index (χ3v) is 6.41. The fourth-order valence-corrected chi connectivity index (χ4v) is 4.40. The zero-order chi connectivity index (χ0) is 32.4. The molecule has 0 unspecified atom stereocenters. The van der Waals surface area contributed by atoms with E-state index in [1.807, 2.05) is 45.0 Å². The lowest BCUT2D eigenvalue weighted by molar-refractivity contribution is -0.123. The van der Waals surface area contributed by atoms with Gasteiger partial charge >= 0.3 is 6.09 Å². The topological polar surface area (TPSA) is 108 Å². The molecule has 44 heavy (non-hydrogen) atoms. The molecule has 0 heterocycles. The maximum Gasteiger partial charge on any atom is 0.415 e. The van der Waals surface area contributed by atoms with E-state index in [2.05, 4.69) is 5.32 Å². The summed E-state index contributed by atoms with van der Waals surface area (Å²) in [5.41, 5.74) is 2.54. The number of anilines is 3. The van der Waals surface area contributed by atoms with Gasteiger partial charge < -0.3 is 24.6 Å². The second-order valence-electron chi connectivity index (χ2n) is 11.4. The van der Waals surface area contributed by atoms with Gasteiger partial charge in [-0.05, 0) is 89.1 Å². The zero-order valence-corrected chi connectivity index (χ0v) is 26.5. The smallest absolute Gasteiger partial charge is 0.415 e. The number of nitrogens with one attached hydrogen (secondary N) is 1. The average Bonchev–Trinajstić information content (AvgIpc) is 2.96. The quantitative estimate of drug-likeness (QED) is 0.321. The van der Waals surface area contributed by atoms with E-state index in [0.717, 1.165) is 11.1 Å². The number of hydrogen-bond acceptors (Lipinski definition) is 6. The molecule has 1 N–H and O–H groups in total. The predicted octanol–water partition coefficient (Wildman–Crippen LogP) is 5.26. The Balaban J connectivity index is 1.99. The molecule has 0 aliphatic carbocycles. The van der Waals surface area contributed by atoms with Crippen LogP contribution in [0.25, 0.3) is 0 Å². The van der Waals surface area contributed by atoms with Crippen molar-refractivity contribution in [1.82, 2.24) is 5.32 Å². The van der Waals surface area contributed by atoms with Gasteiger partial charge in [-0.25, -0.2) is 4.79 Å². The highest BCUT2D eigenvalue weighted by Crippen LogP contribution is 2.25. The lowest BCUT2D eigenvalue weighted by Gasteiger charge is -2.31. The van der Waals surface area contributed by atoms with E-state index in [1.54, 1.807) is 76.3 Å². The Morgan fingerprint density at radius 1 is 0.750 bits per heavy atom. The summed E-state index contributed by atoms with van der Waals surface area (Å²) < 4.78 is 11.3. The van der Waals surface area contributed by atoms with Crippen molar-refractivity contribution in [1.29, 1.82) is 0 Å². The zero-order valence-electron chi connectivity index (χ0n) is 26.5. The van der Waals surface area contributed by atoms with Crippen LogP contribution in [0, 0.1) is 13.8 Å². The van der Waals surface area contributed by atoms with Gasteiger partial charge in [0.1, 0.15) is 24.4 Å². The first-order valence-electron chi connectivity index (χ1n) is 14.5. The standard InChI is InChI=1S/C34H42N4O6/c1-8-35-30(39)23-43-29-16-12-15-27(20-29)37(21-31(40)36(7)26-13-10-9-11-14-26)32(41)22-38(33(42)44-34(4,5)6)28-18-24(2)17-25(3)19-28/h9-20H,8,21-23H2,1-7H3,(H,35,39). The highest BCUT2D eigenvalue weighted by molar-refractivity contribution is 6.07. The number of carbonyl (C=O) groups excluding carboxylic acids is 4. The molecule has 4 amide bonds. The van der Waals surface area contributed by atoms with Gasteiger partial charge in [-0.2, -0.15) is 0 Å². The molecular formula is C34H42N4O6. The molecule has 234 valence electrons. The van der Waals surface area contributed by atoms with Gasteiger partial charge in [-0.15, -0.1) is 0 Å². The summed E-state index contributed by atoms with van der Waals surface area (Å²) in [6.45, 7) is 10.4. The fraction of sp³-hybridized carbons (Fsp3) is 0.353. The van der Waals surface area contributed by atoms with Crippen LogP contribution in [0.1, 0.15) is 38.8 Å². The maximum absolute atomic E-state index is 14.1. The minimum atomic E-state index is -0.805. The van der Waals surface area contributed by atoms with Crippen molar-refractivity contribution in [2.45, 2.75) is 47.1 Å². The Morgan fingerprint density at radius 2 is 1.36 bits per heavy atom. The number of para-hydroxylation sites is 1. The lowest BCUT2D eigenvalue weighted by atomic mass is 10.1. The summed E-state index contributed by atoms with van der Waals surface area (Å²) >= 11 is 0. The minimum Gasteiger partial charge on any atom is -0.484 e. The van der Waals surface area contributed by atoms with Crippen molar-refractivity contribution >= 4 is 40.9 Å². The summed E-state index contributed by atoms with van der Waals surface area (Å²) in [5, 5.41) is 2.67. The van der Waals surface area contributed by atoms with Crippen LogP contribution in [0.15, 0.2) is 72.8 Å². The monoisotopic (exact) mass is 602 g/mol. The van der Waals surface area contributed by atoms with E-state index >= 15 is 0 Å². The normalized spacial score (nSPS) is 10.9. The van der Waals surface area contributed by atoms with Crippen LogP contribution in [0.3, 0.4) is 0 Å². The maximum atomic E-state index is 14.1. The first kappa shape index (κ1) is 33.6. The molecule has 3 aromatic carbocycles. The van der Waals surface area contributed by atoms with Crippen molar-refractivity contribution in [2.24, 2.45) is 0 Å². The minimum absolute atomic E-state index is 0.208. The number of rotatable bonds is 11. The van der Waals surface area contributed by atoms with Gasteiger partial charge in [0, 0.05) is 36.7 Å². The molecule has 3 aromatic rings. The van der Waals surface area contributed by atoms with Crippen LogP contribution < -0.4 is 24.8 Å². The largest absolute Gasteiger partial charge is 0.484 e. The highest BCUT2D eigenvalue weighted by Gasteiger charge is 2.30. The molecule has 10 heteroatoms. The van der Waals surface area contributed by atoms with Crippen LogP contribution in [0.2, 0.25) is 0 Å². The molecular weight excluding hydrogens is 560 g/mol. The molecule has 0 fully saturated rings. The number of amides is 4. The molecule has 0 saturated heterocycles. The van der Waals surface area contributed by atoms with E-state index in [9.17, 15) is 19.2 Å². The Kier molecular flexibility index (Phi) is 11.5. The van der Waals surface area contributed by atoms with Gasteiger partial charge in [-0.1, -0.05) is 30.3 Å². The Bertz CT molecular complexity index is 1450. The second kappa shape index (κ2) is 15.0. The molecule has 0 radical (unpaired) electrons. The lowest BCUT2D eigenvalue weighted by Crippen LogP contribution is -2.48. The molecule has 0 saturated carbocycles. The molecule has 0 aliphatic rings. The van der Waals surface area contributed by atoms with Crippen LogP contribution in [-0.2, 0) is 19.1 Å². The van der Waals surface area contributed by atoms with E-state index in [1.165, 1.54) is 14.7 Å². The third kappa shape index (κ3) is 9.86. The molecule has 10 nitrogen and oxygen atoms in total. The highest BCUT2D eigenvalue weighted by atomic mass is 16.6. The van der Waals surface area contributed by atoms with Crippen molar-refractivity contribution in [3.63, 3.8) is 0 Å². The number of benzene rings is 3. The summed E-state index contributed by atoms with van der Waals surface area (Å²) in [4.78, 5) is 57.1. The average molecular weight is 603 g/mol. The summed E-state index contributed by atoms with van der Waals surface area (Å²) in [5.74, 6) is -0.820. The molecule has 3 rings (SSSR count). The Labute approximate surface area is 259 Å².